The number of imide groups is 1. The Morgan fingerprint density at radius 3 is 2.18 bits per heavy atom. The summed E-state index contributed by atoms with van der Waals surface area (Å²) in [7, 11) is 0. The number of rotatable bonds is 1. The fourth-order valence-corrected chi connectivity index (χ4v) is 3.92. The number of nitrogens with zero attached hydrogens (tertiary/aromatic N) is 1. The smallest absolute Gasteiger partial charge is 0.233 e. The van der Waals surface area contributed by atoms with Crippen LogP contribution in [0.3, 0.4) is 0 Å². The summed E-state index contributed by atoms with van der Waals surface area (Å²) in [5, 5.41) is 0. The Kier molecular flexibility index (Phi) is 2.51. The van der Waals surface area contributed by atoms with E-state index in [1.165, 1.54) is 4.90 Å². The van der Waals surface area contributed by atoms with Crippen molar-refractivity contribution in [2.45, 2.75) is 51.1 Å². The number of carbonyl (C=O) groups is 2. The van der Waals surface area contributed by atoms with Crippen molar-refractivity contribution in [1.82, 2.24) is 4.90 Å². The lowest BCUT2D eigenvalue weighted by atomic mass is 10.00. The van der Waals surface area contributed by atoms with Gasteiger partial charge in [-0.15, -0.1) is 0 Å². The number of hydrogen-bond donors (Lipinski definition) is 1. The van der Waals surface area contributed by atoms with Gasteiger partial charge in [-0.05, 0) is 38.0 Å². The minimum Gasteiger partial charge on any atom is -0.326 e. The molecule has 0 bridgehead atoms. The molecule has 2 amide bonds. The normalized spacial score (nSPS) is 45.8. The van der Waals surface area contributed by atoms with Gasteiger partial charge in [0.25, 0.3) is 0 Å². The van der Waals surface area contributed by atoms with Crippen LogP contribution in [0.25, 0.3) is 0 Å². The predicted molar refractivity (Wildman–Crippen MR) is 62.8 cm³/mol. The van der Waals surface area contributed by atoms with E-state index in [-0.39, 0.29) is 35.7 Å². The molecule has 2 N–H and O–H groups in total. The Morgan fingerprint density at radius 1 is 1.12 bits per heavy atom. The molecule has 3 rings (SSSR count). The first-order chi connectivity index (χ1) is 8.09. The molecule has 1 saturated heterocycles. The summed E-state index contributed by atoms with van der Waals surface area (Å²) in [5.74, 6) is 0.561. The van der Waals surface area contributed by atoms with E-state index in [4.69, 9.17) is 5.73 Å². The zero-order valence-electron chi connectivity index (χ0n) is 10.3. The Hall–Kier alpha value is -0.900. The molecule has 4 heteroatoms. The Bertz CT molecular complexity index is 344. The SMILES string of the molecule is CC1CC2C(=O)N(C3CCCC3N)C(=O)C2C1. The van der Waals surface area contributed by atoms with Gasteiger partial charge in [0.1, 0.15) is 0 Å². The van der Waals surface area contributed by atoms with Crippen molar-refractivity contribution < 1.29 is 9.59 Å². The molecule has 0 aromatic carbocycles. The van der Waals surface area contributed by atoms with E-state index in [9.17, 15) is 9.59 Å². The highest BCUT2D eigenvalue weighted by Crippen LogP contribution is 2.44. The lowest BCUT2D eigenvalue weighted by Gasteiger charge is -2.27. The third-order valence-corrected chi connectivity index (χ3v) is 4.77. The highest BCUT2D eigenvalue weighted by Gasteiger charge is 2.54. The number of likely N-dealkylation sites (tertiary alicyclic amines) is 1. The second-order valence-electron chi connectivity index (χ2n) is 6.00. The molecule has 4 atom stereocenters. The van der Waals surface area contributed by atoms with Gasteiger partial charge in [0.05, 0.1) is 17.9 Å². The second-order valence-corrected chi connectivity index (χ2v) is 6.00. The number of carbonyl (C=O) groups excluding carboxylic acids is 2. The molecule has 1 heterocycles. The van der Waals surface area contributed by atoms with Crippen LogP contribution in [0, 0.1) is 17.8 Å². The van der Waals surface area contributed by atoms with Gasteiger partial charge >= 0.3 is 0 Å². The highest BCUT2D eigenvalue weighted by atomic mass is 16.2. The molecule has 94 valence electrons. The third kappa shape index (κ3) is 1.53. The van der Waals surface area contributed by atoms with Gasteiger partial charge in [-0.25, -0.2) is 0 Å². The molecule has 4 nitrogen and oxygen atoms in total. The first-order valence-corrected chi connectivity index (χ1v) is 6.72. The average Bonchev–Trinajstić information content (AvgIpc) is 2.90. The van der Waals surface area contributed by atoms with Gasteiger partial charge in [-0.3, -0.25) is 14.5 Å². The van der Waals surface area contributed by atoms with Crippen LogP contribution in [0.2, 0.25) is 0 Å². The molecule has 0 aromatic rings. The fourth-order valence-electron chi connectivity index (χ4n) is 3.92. The maximum absolute atomic E-state index is 12.3. The van der Waals surface area contributed by atoms with E-state index >= 15 is 0 Å². The van der Waals surface area contributed by atoms with Gasteiger partial charge in [0, 0.05) is 6.04 Å². The minimum absolute atomic E-state index is 0.000787. The van der Waals surface area contributed by atoms with Crippen LogP contribution in [0.1, 0.15) is 39.0 Å². The first-order valence-electron chi connectivity index (χ1n) is 6.72. The topological polar surface area (TPSA) is 63.4 Å². The quantitative estimate of drug-likeness (QED) is 0.688. The molecular weight excluding hydrogens is 216 g/mol. The van der Waals surface area contributed by atoms with Crippen molar-refractivity contribution >= 4 is 11.8 Å². The minimum atomic E-state index is -0.0368. The molecular formula is C13H20N2O2. The van der Waals surface area contributed by atoms with Crippen molar-refractivity contribution in [2.75, 3.05) is 0 Å². The van der Waals surface area contributed by atoms with Crippen molar-refractivity contribution in [3.63, 3.8) is 0 Å². The summed E-state index contributed by atoms with van der Waals surface area (Å²) in [6, 6.07) is -0.0185. The third-order valence-electron chi connectivity index (χ3n) is 4.77. The summed E-state index contributed by atoms with van der Waals surface area (Å²) in [6.07, 6.45) is 4.64. The fraction of sp³-hybridized carbons (Fsp3) is 0.846. The van der Waals surface area contributed by atoms with E-state index in [0.717, 1.165) is 32.1 Å². The van der Waals surface area contributed by atoms with E-state index in [1.807, 2.05) is 0 Å². The van der Waals surface area contributed by atoms with Crippen LogP contribution in [0.4, 0.5) is 0 Å². The Labute approximate surface area is 102 Å². The first kappa shape index (κ1) is 11.2. The van der Waals surface area contributed by atoms with Crippen LogP contribution in [0.15, 0.2) is 0 Å². The van der Waals surface area contributed by atoms with Crippen molar-refractivity contribution in [2.24, 2.45) is 23.5 Å². The van der Waals surface area contributed by atoms with Crippen molar-refractivity contribution in [3.05, 3.63) is 0 Å². The van der Waals surface area contributed by atoms with Crippen LogP contribution < -0.4 is 5.73 Å². The van der Waals surface area contributed by atoms with Gasteiger partial charge in [-0.1, -0.05) is 6.92 Å². The van der Waals surface area contributed by atoms with Gasteiger partial charge in [0.15, 0.2) is 0 Å². The second kappa shape index (κ2) is 3.80. The molecule has 3 fully saturated rings. The van der Waals surface area contributed by atoms with Crippen LogP contribution in [0.5, 0.6) is 0 Å². The summed E-state index contributed by atoms with van der Waals surface area (Å²) in [5.41, 5.74) is 6.01. The number of nitrogens with two attached hydrogens (primary N) is 1. The molecule has 3 aliphatic rings. The highest BCUT2D eigenvalue weighted by molar-refractivity contribution is 6.05. The van der Waals surface area contributed by atoms with E-state index in [2.05, 4.69) is 6.92 Å². The molecule has 2 aliphatic carbocycles. The molecule has 2 saturated carbocycles. The standard InChI is InChI=1S/C13H20N2O2/c1-7-5-8-9(6-7)13(17)15(12(8)16)11-4-2-3-10(11)14/h7-11H,2-6,14H2,1H3. The zero-order chi connectivity index (χ0) is 12.2. The summed E-state index contributed by atoms with van der Waals surface area (Å²) in [4.78, 5) is 26.2. The summed E-state index contributed by atoms with van der Waals surface area (Å²) < 4.78 is 0. The number of amides is 2. The van der Waals surface area contributed by atoms with E-state index in [0.29, 0.717) is 5.92 Å². The number of fused-ring (bicyclic) bond motifs is 1. The molecule has 0 aromatic heterocycles. The molecule has 4 unspecified atom stereocenters. The summed E-state index contributed by atoms with van der Waals surface area (Å²) >= 11 is 0. The lowest BCUT2D eigenvalue weighted by Crippen LogP contribution is -2.48. The van der Waals surface area contributed by atoms with Crippen LogP contribution >= 0.6 is 0 Å². The maximum atomic E-state index is 12.3. The zero-order valence-corrected chi connectivity index (χ0v) is 10.3. The Morgan fingerprint density at radius 2 is 1.71 bits per heavy atom. The molecule has 1 aliphatic heterocycles. The monoisotopic (exact) mass is 236 g/mol. The summed E-state index contributed by atoms with van der Waals surface area (Å²) in [6.45, 7) is 2.13. The Balaban J connectivity index is 1.84. The van der Waals surface area contributed by atoms with Crippen molar-refractivity contribution in [1.29, 1.82) is 0 Å². The van der Waals surface area contributed by atoms with Gasteiger partial charge in [0.2, 0.25) is 11.8 Å². The van der Waals surface area contributed by atoms with Crippen LogP contribution in [-0.2, 0) is 9.59 Å². The average molecular weight is 236 g/mol. The van der Waals surface area contributed by atoms with E-state index < -0.39 is 0 Å². The largest absolute Gasteiger partial charge is 0.326 e. The predicted octanol–water partition coefficient (Wildman–Crippen LogP) is 0.897. The molecule has 17 heavy (non-hydrogen) atoms. The van der Waals surface area contributed by atoms with Gasteiger partial charge in [-0.2, -0.15) is 0 Å². The van der Waals surface area contributed by atoms with Gasteiger partial charge < -0.3 is 5.73 Å². The molecule has 0 radical (unpaired) electrons. The maximum Gasteiger partial charge on any atom is 0.233 e. The lowest BCUT2D eigenvalue weighted by molar-refractivity contribution is -0.143. The van der Waals surface area contributed by atoms with Crippen molar-refractivity contribution in [3.8, 4) is 0 Å². The number of hydrogen-bond acceptors (Lipinski definition) is 3. The van der Waals surface area contributed by atoms with Crippen LogP contribution in [-0.4, -0.2) is 28.8 Å². The van der Waals surface area contributed by atoms with E-state index in [1.54, 1.807) is 0 Å². The molecule has 0 spiro atoms.